The molecule has 0 aliphatic carbocycles. The first kappa shape index (κ1) is 22.8. The van der Waals surface area contributed by atoms with Crippen LogP contribution >= 0.6 is 0 Å². The number of nitro benzene ring substituents is 1. The number of oxazole rings is 1. The van der Waals surface area contributed by atoms with Crippen molar-refractivity contribution in [3.8, 4) is 0 Å². The second kappa shape index (κ2) is 9.61. The molecule has 0 bridgehead atoms. The molecule has 11 heteroatoms. The number of H-pyrrole nitrogens is 1. The summed E-state index contributed by atoms with van der Waals surface area (Å²) in [4.78, 5) is 50.5. The smallest absolute Gasteiger partial charge is 0.419 e. The van der Waals surface area contributed by atoms with E-state index < -0.39 is 22.7 Å². The van der Waals surface area contributed by atoms with Gasteiger partial charge in [0.1, 0.15) is 6.04 Å². The summed E-state index contributed by atoms with van der Waals surface area (Å²) in [5.41, 5.74) is 2.13. The highest BCUT2D eigenvalue weighted by Crippen LogP contribution is 2.21. The Labute approximate surface area is 192 Å². The predicted molar refractivity (Wildman–Crippen MR) is 122 cm³/mol. The van der Waals surface area contributed by atoms with Gasteiger partial charge in [-0.2, -0.15) is 0 Å². The van der Waals surface area contributed by atoms with Crippen molar-refractivity contribution in [3.63, 3.8) is 0 Å². The van der Waals surface area contributed by atoms with Gasteiger partial charge in [-0.3, -0.25) is 19.5 Å². The van der Waals surface area contributed by atoms with E-state index in [1.807, 2.05) is 24.3 Å². The molecule has 176 valence electrons. The molecule has 0 radical (unpaired) electrons. The molecule has 34 heavy (non-hydrogen) atoms. The summed E-state index contributed by atoms with van der Waals surface area (Å²) in [6.07, 6.45) is 2.40. The Bertz CT molecular complexity index is 1430. The molecule has 4 aromatic rings. The van der Waals surface area contributed by atoms with Crippen LogP contribution in [-0.4, -0.2) is 39.5 Å². The third-order valence-electron chi connectivity index (χ3n) is 5.57. The third kappa shape index (κ3) is 4.68. The fourth-order valence-electron chi connectivity index (χ4n) is 3.90. The van der Waals surface area contributed by atoms with Gasteiger partial charge in [0, 0.05) is 42.6 Å². The molecule has 2 N–H and O–H groups in total. The van der Waals surface area contributed by atoms with Crippen LogP contribution in [0.2, 0.25) is 0 Å². The first-order chi connectivity index (χ1) is 16.4. The monoisotopic (exact) mass is 466 g/mol. The molecule has 2 aromatic carbocycles. The van der Waals surface area contributed by atoms with E-state index in [4.69, 9.17) is 9.15 Å². The minimum atomic E-state index is -0.866. The Hall–Kier alpha value is -4.41. The van der Waals surface area contributed by atoms with E-state index in [9.17, 15) is 24.5 Å². The quantitative estimate of drug-likeness (QED) is 0.219. The number of ether oxygens (including phenoxy) is 1. The molecular formula is C23H22N4O7. The van der Waals surface area contributed by atoms with E-state index in [0.717, 1.165) is 16.5 Å². The zero-order valence-corrected chi connectivity index (χ0v) is 18.3. The standard InChI is InChI=1S/C23H22N4O7/c1-33-22(29)18(11-14-13-24-17-6-3-2-5-16(14)17)25-21(28)7-4-10-26-19-9-8-15(27(31)32)12-20(19)34-23(26)30/h2-3,5-6,8-9,12-13,18,24H,4,7,10-11H2,1H3,(H,25,28)/t18-/m1/s1. The van der Waals surface area contributed by atoms with Crippen molar-refractivity contribution in [1.29, 1.82) is 0 Å². The average molecular weight is 466 g/mol. The second-order valence-electron chi connectivity index (χ2n) is 7.74. The molecule has 0 unspecified atom stereocenters. The minimum Gasteiger partial charge on any atom is -0.467 e. The molecule has 0 aliphatic heterocycles. The van der Waals surface area contributed by atoms with Crippen molar-refractivity contribution in [3.05, 3.63) is 74.9 Å². The van der Waals surface area contributed by atoms with Crippen molar-refractivity contribution in [2.45, 2.75) is 31.8 Å². The lowest BCUT2D eigenvalue weighted by Crippen LogP contribution is -2.43. The summed E-state index contributed by atoms with van der Waals surface area (Å²) < 4.78 is 11.3. The van der Waals surface area contributed by atoms with Gasteiger partial charge in [-0.05, 0) is 24.1 Å². The van der Waals surface area contributed by atoms with Crippen LogP contribution in [0.3, 0.4) is 0 Å². The molecule has 4 rings (SSSR count). The molecule has 2 aromatic heterocycles. The highest BCUT2D eigenvalue weighted by Gasteiger charge is 2.23. The highest BCUT2D eigenvalue weighted by atomic mass is 16.6. The lowest BCUT2D eigenvalue weighted by atomic mass is 10.0. The summed E-state index contributed by atoms with van der Waals surface area (Å²) in [6, 6.07) is 10.7. The number of hydrogen-bond donors (Lipinski definition) is 2. The SMILES string of the molecule is COC(=O)[C@@H](Cc1c[nH]c2ccccc12)NC(=O)CCCn1c(=O)oc2cc([N+](=O)[O-])ccc21. The van der Waals surface area contributed by atoms with Gasteiger partial charge in [0.15, 0.2) is 5.58 Å². The van der Waals surface area contributed by atoms with Gasteiger partial charge in [0.05, 0.1) is 23.6 Å². The van der Waals surface area contributed by atoms with Crippen LogP contribution in [0.25, 0.3) is 22.0 Å². The second-order valence-corrected chi connectivity index (χ2v) is 7.74. The Morgan fingerprint density at radius 2 is 2.06 bits per heavy atom. The number of nitrogens with zero attached hydrogens (tertiary/aromatic N) is 2. The molecule has 0 fully saturated rings. The van der Waals surface area contributed by atoms with Crippen LogP contribution < -0.4 is 11.1 Å². The van der Waals surface area contributed by atoms with Crippen LogP contribution in [-0.2, 0) is 27.3 Å². The van der Waals surface area contributed by atoms with E-state index in [1.54, 1.807) is 6.20 Å². The summed E-state index contributed by atoms with van der Waals surface area (Å²) in [5.74, 6) is -1.59. The number of nitrogens with one attached hydrogen (secondary N) is 2. The first-order valence-corrected chi connectivity index (χ1v) is 10.6. The van der Waals surface area contributed by atoms with Gasteiger partial charge in [0.2, 0.25) is 5.91 Å². The molecule has 0 saturated heterocycles. The normalized spacial score (nSPS) is 12.0. The molecule has 11 nitrogen and oxygen atoms in total. The topological polar surface area (TPSA) is 149 Å². The Kier molecular flexibility index (Phi) is 6.44. The molecule has 2 heterocycles. The van der Waals surface area contributed by atoms with Crippen LogP contribution in [0.5, 0.6) is 0 Å². The highest BCUT2D eigenvalue weighted by molar-refractivity contribution is 5.87. The van der Waals surface area contributed by atoms with Gasteiger partial charge >= 0.3 is 11.7 Å². The van der Waals surface area contributed by atoms with E-state index in [0.29, 0.717) is 11.9 Å². The number of carbonyl (C=O) groups is 2. The number of fused-ring (bicyclic) bond motifs is 2. The number of methoxy groups -OCH3 is 1. The van der Waals surface area contributed by atoms with Crippen LogP contribution in [0.1, 0.15) is 18.4 Å². The van der Waals surface area contributed by atoms with Gasteiger partial charge in [-0.1, -0.05) is 18.2 Å². The van der Waals surface area contributed by atoms with E-state index in [2.05, 4.69) is 10.3 Å². The zero-order chi connectivity index (χ0) is 24.2. The van der Waals surface area contributed by atoms with Crippen molar-refractivity contribution in [2.24, 2.45) is 0 Å². The van der Waals surface area contributed by atoms with Crippen molar-refractivity contribution in [2.75, 3.05) is 7.11 Å². The number of aromatic nitrogens is 2. The van der Waals surface area contributed by atoms with Gasteiger partial charge in [0.25, 0.3) is 5.69 Å². The van der Waals surface area contributed by atoms with Crippen LogP contribution in [0.4, 0.5) is 5.69 Å². The van der Waals surface area contributed by atoms with Crippen LogP contribution in [0.15, 0.2) is 57.9 Å². The number of rotatable bonds is 9. The maximum atomic E-state index is 12.6. The largest absolute Gasteiger partial charge is 0.467 e. The number of hydrogen-bond acceptors (Lipinski definition) is 7. The zero-order valence-electron chi connectivity index (χ0n) is 18.3. The number of amides is 1. The van der Waals surface area contributed by atoms with Gasteiger partial charge in [-0.25, -0.2) is 9.59 Å². The average Bonchev–Trinajstić information content (AvgIpc) is 3.38. The Balaban J connectivity index is 1.40. The molecular weight excluding hydrogens is 444 g/mol. The number of nitro groups is 1. The maximum Gasteiger partial charge on any atom is 0.419 e. The fraction of sp³-hybridized carbons (Fsp3) is 0.261. The third-order valence-corrected chi connectivity index (χ3v) is 5.57. The lowest BCUT2D eigenvalue weighted by molar-refractivity contribution is -0.384. The number of para-hydroxylation sites is 1. The fourth-order valence-corrected chi connectivity index (χ4v) is 3.90. The Morgan fingerprint density at radius 3 is 2.82 bits per heavy atom. The first-order valence-electron chi connectivity index (χ1n) is 10.6. The van der Waals surface area contributed by atoms with E-state index >= 15 is 0 Å². The molecule has 0 aliphatic rings. The maximum absolute atomic E-state index is 12.6. The molecule has 0 spiro atoms. The molecule has 0 saturated carbocycles. The van der Waals surface area contributed by atoms with E-state index in [-0.39, 0.29) is 36.6 Å². The Morgan fingerprint density at radius 1 is 1.26 bits per heavy atom. The number of aryl methyl sites for hydroxylation is 1. The number of benzene rings is 2. The number of non-ortho nitro benzene ring substituents is 1. The summed E-state index contributed by atoms with van der Waals surface area (Å²) in [7, 11) is 1.26. The number of aromatic amines is 1. The van der Waals surface area contributed by atoms with Gasteiger partial charge in [-0.15, -0.1) is 0 Å². The number of esters is 1. The summed E-state index contributed by atoms with van der Waals surface area (Å²) >= 11 is 0. The van der Waals surface area contributed by atoms with Gasteiger partial charge < -0.3 is 19.5 Å². The minimum absolute atomic E-state index is 0.0491. The predicted octanol–water partition coefficient (Wildman–Crippen LogP) is 2.66. The van der Waals surface area contributed by atoms with Crippen molar-refractivity contribution < 1.29 is 23.7 Å². The van der Waals surface area contributed by atoms with Crippen molar-refractivity contribution >= 4 is 39.6 Å². The summed E-state index contributed by atoms with van der Waals surface area (Å²) in [6.45, 7) is 0.169. The van der Waals surface area contributed by atoms with Crippen molar-refractivity contribution in [1.82, 2.24) is 14.9 Å². The van der Waals surface area contributed by atoms with E-state index in [1.165, 1.54) is 29.9 Å². The number of carbonyl (C=O) groups excluding carboxylic acids is 2. The molecule has 1 atom stereocenters. The molecule has 1 amide bonds. The van der Waals surface area contributed by atoms with Crippen LogP contribution in [0, 0.1) is 10.1 Å². The lowest BCUT2D eigenvalue weighted by Gasteiger charge is -2.16. The summed E-state index contributed by atoms with van der Waals surface area (Å²) in [5, 5.41) is 14.6.